The zero-order chi connectivity index (χ0) is 23.5. The predicted molar refractivity (Wildman–Crippen MR) is 121 cm³/mol. The van der Waals surface area contributed by atoms with Gasteiger partial charge in [0.25, 0.3) is 5.91 Å². The Hall–Kier alpha value is -3.35. The third kappa shape index (κ3) is 5.02. The third-order valence-electron chi connectivity index (χ3n) is 5.99. The second kappa shape index (κ2) is 9.65. The van der Waals surface area contributed by atoms with E-state index in [2.05, 4.69) is 5.10 Å². The number of hydrazone groups is 1. The van der Waals surface area contributed by atoms with Crippen LogP contribution in [-0.4, -0.2) is 29.2 Å². The number of benzene rings is 2. The van der Waals surface area contributed by atoms with Crippen molar-refractivity contribution in [3.8, 4) is 0 Å². The van der Waals surface area contributed by atoms with Gasteiger partial charge in [-0.2, -0.15) is 5.10 Å². The van der Waals surface area contributed by atoms with E-state index in [9.17, 15) is 18.4 Å². The van der Waals surface area contributed by atoms with Crippen molar-refractivity contribution in [3.63, 3.8) is 0 Å². The van der Waals surface area contributed by atoms with Crippen LogP contribution < -0.4 is 0 Å². The van der Waals surface area contributed by atoms with Crippen LogP contribution in [0.3, 0.4) is 0 Å². The molecule has 5 nitrogen and oxygen atoms in total. The number of fused-ring (bicyclic) bond motifs is 1. The Bertz CT molecular complexity index is 1090. The van der Waals surface area contributed by atoms with Gasteiger partial charge in [0.2, 0.25) is 0 Å². The Balaban J connectivity index is 1.67. The van der Waals surface area contributed by atoms with Crippen LogP contribution in [0.5, 0.6) is 0 Å². The molecule has 0 saturated heterocycles. The monoisotopic (exact) mass is 452 g/mol. The van der Waals surface area contributed by atoms with E-state index in [1.807, 2.05) is 6.08 Å². The van der Waals surface area contributed by atoms with E-state index in [1.54, 1.807) is 38.1 Å². The Morgan fingerprint density at radius 1 is 1.09 bits per heavy atom. The first kappa shape index (κ1) is 22.8. The number of rotatable bonds is 5. The molecule has 2 atom stereocenters. The van der Waals surface area contributed by atoms with Gasteiger partial charge < -0.3 is 4.74 Å². The zero-order valence-corrected chi connectivity index (χ0v) is 18.6. The van der Waals surface area contributed by atoms with Gasteiger partial charge in [0.1, 0.15) is 11.6 Å². The number of hydrogen-bond acceptors (Lipinski definition) is 4. The lowest BCUT2D eigenvalue weighted by molar-refractivity contribution is -0.155. The molecule has 1 fully saturated rings. The van der Waals surface area contributed by atoms with Crippen LogP contribution in [0.25, 0.3) is 6.08 Å². The van der Waals surface area contributed by atoms with Crippen molar-refractivity contribution in [1.29, 1.82) is 0 Å². The first-order valence-electron chi connectivity index (χ1n) is 11.1. The van der Waals surface area contributed by atoms with E-state index < -0.39 is 24.5 Å². The number of hydrogen-bond donors (Lipinski definition) is 0. The molecule has 4 rings (SSSR count). The number of amides is 1. The smallest absolute Gasteiger partial charge is 0.308 e. The maximum atomic E-state index is 13.6. The molecule has 0 bridgehead atoms. The van der Waals surface area contributed by atoms with Crippen LogP contribution >= 0.6 is 0 Å². The second-order valence-corrected chi connectivity index (χ2v) is 8.70. The molecule has 2 aliphatic rings. The van der Waals surface area contributed by atoms with Crippen molar-refractivity contribution in [2.45, 2.75) is 39.2 Å². The highest BCUT2D eigenvalue weighted by atomic mass is 19.1. The minimum atomic E-state index is -0.456. The Labute approximate surface area is 191 Å². The molecule has 0 spiro atoms. The summed E-state index contributed by atoms with van der Waals surface area (Å²) in [5.41, 5.74) is 3.40. The summed E-state index contributed by atoms with van der Waals surface area (Å²) in [5, 5.41) is 6.06. The fraction of sp³-hybridized carbons (Fsp3) is 0.346. The zero-order valence-electron chi connectivity index (χ0n) is 18.6. The average Bonchev–Trinajstić information content (AvgIpc) is 3.20. The van der Waals surface area contributed by atoms with Crippen LogP contribution in [0.2, 0.25) is 0 Å². The maximum absolute atomic E-state index is 13.6. The highest BCUT2D eigenvalue weighted by Gasteiger charge is 2.43. The van der Waals surface area contributed by atoms with Crippen molar-refractivity contribution >= 4 is 23.7 Å². The molecule has 2 aromatic carbocycles. The SMILES string of the molecule is CC(C)C(=O)OCC(=O)N1N=C2C(=Cc3ccc(F)cc3)CCCC2C1c1ccc(F)cc1. The normalized spacial score (nSPS) is 21.2. The molecular formula is C26H26F2N2O3. The Morgan fingerprint density at radius 2 is 1.73 bits per heavy atom. The van der Waals surface area contributed by atoms with Crippen LogP contribution in [0.1, 0.15) is 50.3 Å². The predicted octanol–water partition coefficient (Wildman–Crippen LogP) is 5.29. The van der Waals surface area contributed by atoms with Crippen molar-refractivity contribution in [1.82, 2.24) is 5.01 Å². The molecule has 0 N–H and O–H groups in total. The van der Waals surface area contributed by atoms with E-state index in [1.165, 1.54) is 29.3 Å². The lowest BCUT2D eigenvalue weighted by Crippen LogP contribution is -2.34. The van der Waals surface area contributed by atoms with E-state index >= 15 is 0 Å². The number of ether oxygens (including phenoxy) is 1. The lowest BCUT2D eigenvalue weighted by Gasteiger charge is -2.29. The van der Waals surface area contributed by atoms with Crippen molar-refractivity contribution in [2.75, 3.05) is 6.61 Å². The van der Waals surface area contributed by atoms with Crippen LogP contribution in [0.15, 0.2) is 59.2 Å². The Morgan fingerprint density at radius 3 is 2.36 bits per heavy atom. The van der Waals surface area contributed by atoms with Crippen LogP contribution in [0.4, 0.5) is 8.78 Å². The van der Waals surface area contributed by atoms with Gasteiger partial charge >= 0.3 is 5.97 Å². The van der Waals surface area contributed by atoms with Crippen molar-refractivity contribution in [2.24, 2.45) is 16.9 Å². The molecule has 7 heteroatoms. The largest absolute Gasteiger partial charge is 0.455 e. The molecule has 2 unspecified atom stereocenters. The van der Waals surface area contributed by atoms with Gasteiger partial charge in [-0.05, 0) is 66.3 Å². The topological polar surface area (TPSA) is 59.0 Å². The summed E-state index contributed by atoms with van der Waals surface area (Å²) in [6, 6.07) is 11.9. The quantitative estimate of drug-likeness (QED) is 0.580. The fourth-order valence-electron chi connectivity index (χ4n) is 4.33. The van der Waals surface area contributed by atoms with Gasteiger partial charge in [0, 0.05) is 5.92 Å². The molecule has 0 aromatic heterocycles. The summed E-state index contributed by atoms with van der Waals surface area (Å²) in [5.74, 6) is -1.96. The van der Waals surface area contributed by atoms with Gasteiger partial charge in [-0.1, -0.05) is 38.1 Å². The number of nitrogens with zero attached hydrogens (tertiary/aromatic N) is 2. The highest BCUT2D eigenvalue weighted by molar-refractivity contribution is 6.08. The Kier molecular flexibility index (Phi) is 6.67. The van der Waals surface area contributed by atoms with Crippen LogP contribution in [-0.2, 0) is 14.3 Å². The van der Waals surface area contributed by atoms with E-state index in [-0.39, 0.29) is 23.5 Å². The third-order valence-corrected chi connectivity index (χ3v) is 5.99. The first-order chi connectivity index (χ1) is 15.8. The number of carbonyl (C=O) groups excluding carboxylic acids is 2. The van der Waals surface area contributed by atoms with Gasteiger partial charge in [0.15, 0.2) is 6.61 Å². The highest BCUT2D eigenvalue weighted by Crippen LogP contribution is 2.44. The summed E-state index contributed by atoms with van der Waals surface area (Å²) in [4.78, 5) is 25.0. The van der Waals surface area contributed by atoms with Gasteiger partial charge in [0.05, 0.1) is 17.7 Å². The maximum Gasteiger partial charge on any atom is 0.308 e. The van der Waals surface area contributed by atoms with Crippen molar-refractivity contribution < 1.29 is 23.1 Å². The minimum Gasteiger partial charge on any atom is -0.455 e. The molecule has 1 aliphatic heterocycles. The molecule has 2 aromatic rings. The summed E-state index contributed by atoms with van der Waals surface area (Å²) in [6.45, 7) is 2.99. The fourth-order valence-corrected chi connectivity index (χ4v) is 4.33. The molecule has 0 radical (unpaired) electrons. The van der Waals surface area contributed by atoms with Crippen LogP contribution in [0, 0.1) is 23.5 Å². The van der Waals surface area contributed by atoms with Gasteiger partial charge in [-0.25, -0.2) is 13.8 Å². The molecule has 1 aliphatic carbocycles. The van der Waals surface area contributed by atoms with Gasteiger partial charge in [-0.3, -0.25) is 9.59 Å². The first-order valence-corrected chi connectivity index (χ1v) is 11.1. The molecule has 1 saturated carbocycles. The molecular weight excluding hydrogens is 426 g/mol. The molecule has 1 amide bonds. The summed E-state index contributed by atoms with van der Waals surface area (Å²) in [7, 11) is 0. The summed E-state index contributed by atoms with van der Waals surface area (Å²) >= 11 is 0. The van der Waals surface area contributed by atoms with Crippen molar-refractivity contribution in [3.05, 3.63) is 76.9 Å². The number of halogens is 2. The van der Waals surface area contributed by atoms with E-state index in [0.717, 1.165) is 41.7 Å². The standard InChI is InChI=1S/C26H26F2N2O3/c1-16(2)26(32)33-15-23(31)30-25(18-8-12-21(28)13-9-18)22-5-3-4-19(24(22)29-30)14-17-6-10-20(27)11-7-17/h6-14,16,22,25H,3-5,15H2,1-2H3. The van der Waals surface area contributed by atoms with E-state index in [0.29, 0.717) is 0 Å². The average molecular weight is 453 g/mol. The van der Waals surface area contributed by atoms with E-state index in [4.69, 9.17) is 4.74 Å². The second-order valence-electron chi connectivity index (χ2n) is 8.70. The summed E-state index contributed by atoms with van der Waals surface area (Å²) in [6.07, 6.45) is 4.47. The molecule has 172 valence electrons. The van der Waals surface area contributed by atoms with Gasteiger partial charge in [-0.15, -0.1) is 0 Å². The number of carbonyl (C=O) groups is 2. The number of esters is 1. The number of allylic oxidation sites excluding steroid dienone is 1. The minimum absolute atomic E-state index is 0.0688. The summed E-state index contributed by atoms with van der Waals surface area (Å²) < 4.78 is 32.1. The molecule has 1 heterocycles. The lowest BCUT2D eigenvalue weighted by atomic mass is 9.77. The molecule has 33 heavy (non-hydrogen) atoms.